The summed E-state index contributed by atoms with van der Waals surface area (Å²) < 4.78 is 0. The zero-order chi connectivity index (χ0) is 20.2. The maximum Gasteiger partial charge on any atom is 0.271 e. The first-order chi connectivity index (χ1) is 14.1. The highest BCUT2D eigenvalue weighted by Crippen LogP contribution is 2.29. The summed E-state index contributed by atoms with van der Waals surface area (Å²) in [6.07, 6.45) is 4.06. The quantitative estimate of drug-likeness (QED) is 0.487. The fourth-order valence-electron chi connectivity index (χ4n) is 2.84. The molecule has 8 nitrogen and oxygen atoms in total. The van der Waals surface area contributed by atoms with Crippen LogP contribution in [0.25, 0.3) is 22.6 Å². The van der Waals surface area contributed by atoms with Gasteiger partial charge < -0.3 is 15.3 Å². The van der Waals surface area contributed by atoms with E-state index in [-0.39, 0.29) is 17.8 Å². The molecule has 0 saturated heterocycles. The Morgan fingerprint density at radius 3 is 2.62 bits per heavy atom. The molecule has 0 fully saturated rings. The number of H-pyrrole nitrogens is 2. The fourth-order valence-corrected chi connectivity index (χ4v) is 2.84. The number of aromatic amines is 2. The van der Waals surface area contributed by atoms with Crippen LogP contribution in [0.15, 0.2) is 65.8 Å². The number of hydrogen-bond acceptors (Lipinski definition) is 5. The summed E-state index contributed by atoms with van der Waals surface area (Å²) in [6, 6.07) is 13.7. The molecular weight excluding hydrogens is 368 g/mol. The van der Waals surface area contributed by atoms with Crippen molar-refractivity contribution in [2.24, 2.45) is 0 Å². The van der Waals surface area contributed by atoms with Crippen LogP contribution < -0.4 is 10.9 Å². The van der Waals surface area contributed by atoms with Gasteiger partial charge in [0, 0.05) is 18.0 Å². The van der Waals surface area contributed by atoms with E-state index in [0.29, 0.717) is 5.82 Å². The SMILES string of the molecule is Cc1ccc(-c2nc(CNC(=O)c3c[nH]c(=O)cn3)[nH]c2-c2ccccn2)cc1. The van der Waals surface area contributed by atoms with Crippen LogP contribution in [0.2, 0.25) is 0 Å². The molecule has 144 valence electrons. The molecule has 0 aliphatic heterocycles. The van der Waals surface area contributed by atoms with Gasteiger partial charge >= 0.3 is 0 Å². The second kappa shape index (κ2) is 7.89. The first kappa shape index (κ1) is 18.3. The molecule has 1 aromatic carbocycles. The number of rotatable bonds is 5. The van der Waals surface area contributed by atoms with Crippen molar-refractivity contribution < 1.29 is 4.79 Å². The number of imidazole rings is 1. The molecule has 0 aliphatic carbocycles. The van der Waals surface area contributed by atoms with Gasteiger partial charge in [-0.3, -0.25) is 14.6 Å². The normalized spacial score (nSPS) is 10.7. The molecule has 0 bridgehead atoms. The Balaban J connectivity index is 1.62. The van der Waals surface area contributed by atoms with Crippen LogP contribution in [0.5, 0.6) is 0 Å². The minimum Gasteiger partial charge on any atom is -0.343 e. The monoisotopic (exact) mass is 386 g/mol. The molecule has 0 spiro atoms. The van der Waals surface area contributed by atoms with E-state index in [4.69, 9.17) is 0 Å². The molecule has 0 aliphatic rings. The Labute approximate surface area is 166 Å². The molecule has 3 aromatic heterocycles. The second-order valence-corrected chi connectivity index (χ2v) is 6.47. The molecule has 0 unspecified atom stereocenters. The minimum atomic E-state index is -0.408. The zero-order valence-electron chi connectivity index (χ0n) is 15.6. The Kier molecular flexibility index (Phi) is 4.98. The van der Waals surface area contributed by atoms with Gasteiger partial charge in [0.05, 0.1) is 29.8 Å². The van der Waals surface area contributed by atoms with Crippen LogP contribution in [-0.4, -0.2) is 30.8 Å². The lowest BCUT2D eigenvalue weighted by molar-refractivity contribution is 0.0944. The lowest BCUT2D eigenvalue weighted by Gasteiger charge is -2.02. The van der Waals surface area contributed by atoms with E-state index < -0.39 is 5.91 Å². The van der Waals surface area contributed by atoms with Gasteiger partial charge in [0.15, 0.2) is 0 Å². The van der Waals surface area contributed by atoms with Crippen molar-refractivity contribution in [2.75, 3.05) is 0 Å². The summed E-state index contributed by atoms with van der Waals surface area (Å²) in [6.45, 7) is 2.20. The molecule has 1 amide bonds. The molecule has 3 N–H and O–H groups in total. The van der Waals surface area contributed by atoms with E-state index in [1.807, 2.05) is 49.4 Å². The van der Waals surface area contributed by atoms with Crippen LogP contribution in [0, 0.1) is 6.92 Å². The molecule has 0 radical (unpaired) electrons. The lowest BCUT2D eigenvalue weighted by atomic mass is 10.1. The van der Waals surface area contributed by atoms with E-state index in [1.165, 1.54) is 6.20 Å². The number of nitrogens with zero attached hydrogens (tertiary/aromatic N) is 3. The van der Waals surface area contributed by atoms with Crippen molar-refractivity contribution in [1.82, 2.24) is 30.2 Å². The predicted molar refractivity (Wildman–Crippen MR) is 108 cm³/mol. The maximum atomic E-state index is 12.2. The summed E-state index contributed by atoms with van der Waals surface area (Å²) in [5.74, 6) is 0.174. The van der Waals surface area contributed by atoms with Crippen molar-refractivity contribution in [3.63, 3.8) is 0 Å². The van der Waals surface area contributed by atoms with Gasteiger partial charge in [-0.1, -0.05) is 35.9 Å². The van der Waals surface area contributed by atoms with E-state index in [1.54, 1.807) is 6.20 Å². The number of carbonyl (C=O) groups is 1. The standard InChI is InChI=1S/C21H18N6O2/c1-13-5-7-14(8-6-13)19-20(15-4-2-3-9-22-15)27-17(26-19)11-25-21(29)16-10-24-18(28)12-23-16/h2-10,12H,11H2,1H3,(H,24,28)(H,25,29)(H,26,27). The highest BCUT2D eigenvalue weighted by molar-refractivity contribution is 5.91. The van der Waals surface area contributed by atoms with E-state index in [9.17, 15) is 9.59 Å². The number of aryl methyl sites for hydroxylation is 1. The van der Waals surface area contributed by atoms with Crippen LogP contribution in [0.1, 0.15) is 21.9 Å². The van der Waals surface area contributed by atoms with Gasteiger partial charge in [0.2, 0.25) is 0 Å². The van der Waals surface area contributed by atoms with Gasteiger partial charge in [0.25, 0.3) is 11.5 Å². The van der Waals surface area contributed by atoms with Gasteiger partial charge in [-0.05, 0) is 19.1 Å². The average molecular weight is 386 g/mol. The fraction of sp³-hybridized carbons (Fsp3) is 0.0952. The van der Waals surface area contributed by atoms with Crippen molar-refractivity contribution in [3.05, 3.63) is 88.5 Å². The van der Waals surface area contributed by atoms with Gasteiger partial charge in [-0.15, -0.1) is 0 Å². The second-order valence-electron chi connectivity index (χ2n) is 6.47. The van der Waals surface area contributed by atoms with Crippen LogP contribution in [-0.2, 0) is 6.54 Å². The molecule has 3 heterocycles. The molecule has 29 heavy (non-hydrogen) atoms. The highest BCUT2D eigenvalue weighted by Gasteiger charge is 2.16. The number of pyridine rings is 1. The number of hydrogen-bond donors (Lipinski definition) is 3. The van der Waals surface area contributed by atoms with E-state index >= 15 is 0 Å². The number of benzene rings is 1. The minimum absolute atomic E-state index is 0.125. The number of nitrogens with one attached hydrogen (secondary N) is 3. The molecular formula is C21H18N6O2. The molecule has 8 heteroatoms. The summed E-state index contributed by atoms with van der Waals surface area (Å²) in [7, 11) is 0. The van der Waals surface area contributed by atoms with Crippen LogP contribution >= 0.6 is 0 Å². The largest absolute Gasteiger partial charge is 0.343 e. The molecule has 4 rings (SSSR count). The smallest absolute Gasteiger partial charge is 0.271 e. The highest BCUT2D eigenvalue weighted by atomic mass is 16.2. The van der Waals surface area contributed by atoms with Crippen molar-refractivity contribution in [3.8, 4) is 22.6 Å². The maximum absolute atomic E-state index is 12.2. The van der Waals surface area contributed by atoms with E-state index in [0.717, 1.165) is 34.4 Å². The Morgan fingerprint density at radius 2 is 1.93 bits per heavy atom. The zero-order valence-corrected chi connectivity index (χ0v) is 15.6. The number of carbonyl (C=O) groups excluding carboxylic acids is 1. The summed E-state index contributed by atoms with van der Waals surface area (Å²) in [5, 5.41) is 2.75. The van der Waals surface area contributed by atoms with Crippen LogP contribution in [0.4, 0.5) is 0 Å². The third-order valence-corrected chi connectivity index (χ3v) is 4.32. The Bertz CT molecular complexity index is 1180. The third kappa shape index (κ3) is 4.11. The van der Waals surface area contributed by atoms with Crippen LogP contribution in [0.3, 0.4) is 0 Å². The average Bonchev–Trinajstić information content (AvgIpc) is 3.18. The predicted octanol–water partition coefficient (Wildman–Crippen LogP) is 2.46. The van der Waals surface area contributed by atoms with Gasteiger partial charge in [-0.2, -0.15) is 0 Å². The number of amides is 1. The third-order valence-electron chi connectivity index (χ3n) is 4.32. The Morgan fingerprint density at radius 1 is 1.10 bits per heavy atom. The van der Waals surface area contributed by atoms with Crippen molar-refractivity contribution >= 4 is 5.91 Å². The Hall–Kier alpha value is -4.07. The first-order valence-corrected chi connectivity index (χ1v) is 9.00. The van der Waals surface area contributed by atoms with Gasteiger partial charge in [0.1, 0.15) is 11.5 Å². The molecule has 0 atom stereocenters. The molecule has 0 saturated carbocycles. The summed E-state index contributed by atoms with van der Waals surface area (Å²) in [4.78, 5) is 41.9. The number of aromatic nitrogens is 5. The van der Waals surface area contributed by atoms with Crippen molar-refractivity contribution in [2.45, 2.75) is 13.5 Å². The van der Waals surface area contributed by atoms with Gasteiger partial charge in [-0.25, -0.2) is 9.97 Å². The van der Waals surface area contributed by atoms with E-state index in [2.05, 4.69) is 30.2 Å². The van der Waals surface area contributed by atoms with Crippen molar-refractivity contribution in [1.29, 1.82) is 0 Å². The molecule has 4 aromatic rings. The summed E-state index contributed by atoms with van der Waals surface area (Å²) in [5.41, 5.74) is 4.17. The summed E-state index contributed by atoms with van der Waals surface area (Å²) >= 11 is 0. The lowest BCUT2D eigenvalue weighted by Crippen LogP contribution is -2.25. The topological polar surface area (TPSA) is 116 Å². The first-order valence-electron chi connectivity index (χ1n) is 9.00.